The lowest BCUT2D eigenvalue weighted by molar-refractivity contribution is 0.956. The van der Waals surface area contributed by atoms with Crippen molar-refractivity contribution in [2.45, 2.75) is 17.7 Å². The van der Waals surface area contributed by atoms with Crippen LogP contribution in [-0.2, 0) is 0 Å². The number of aromatic amines is 1. The van der Waals surface area contributed by atoms with E-state index in [0.717, 1.165) is 36.7 Å². The van der Waals surface area contributed by atoms with Gasteiger partial charge in [-0.3, -0.25) is 4.99 Å². The van der Waals surface area contributed by atoms with Crippen molar-refractivity contribution < 1.29 is 0 Å². The summed E-state index contributed by atoms with van der Waals surface area (Å²) in [7, 11) is 0. The minimum Gasteiger partial charge on any atom is -0.360 e. The molecule has 1 saturated heterocycles. The summed E-state index contributed by atoms with van der Waals surface area (Å²) in [6.45, 7) is 1.87. The summed E-state index contributed by atoms with van der Waals surface area (Å²) in [5.41, 5.74) is 2.38. The van der Waals surface area contributed by atoms with E-state index in [9.17, 15) is 0 Å². The van der Waals surface area contributed by atoms with E-state index in [2.05, 4.69) is 52.5 Å². The van der Waals surface area contributed by atoms with E-state index in [-0.39, 0.29) is 0 Å². The van der Waals surface area contributed by atoms with E-state index in [1.54, 1.807) is 0 Å². The van der Waals surface area contributed by atoms with Crippen LogP contribution in [-0.4, -0.2) is 29.7 Å². The fourth-order valence-electron chi connectivity index (χ4n) is 3.22. The van der Waals surface area contributed by atoms with Crippen LogP contribution in [0.5, 0.6) is 0 Å². The number of H-pyrrole nitrogens is 1. The quantitative estimate of drug-likeness (QED) is 0.468. The van der Waals surface area contributed by atoms with E-state index in [0.29, 0.717) is 0 Å². The summed E-state index contributed by atoms with van der Waals surface area (Å²) >= 11 is 7.86. The predicted octanol–water partition coefficient (Wildman–Crippen LogP) is 5.61. The molecule has 2 heterocycles. The van der Waals surface area contributed by atoms with Gasteiger partial charge in [-0.25, -0.2) is 0 Å². The lowest BCUT2D eigenvalue weighted by Gasteiger charge is -2.19. The second kappa shape index (κ2) is 7.54. The summed E-state index contributed by atoms with van der Waals surface area (Å²) in [6.07, 6.45) is 4.31. The number of para-hydroxylation sites is 1. The normalized spacial score (nSPS) is 16.2. The first-order chi connectivity index (χ1) is 12.3. The van der Waals surface area contributed by atoms with Crippen LogP contribution in [0.4, 0.5) is 5.69 Å². The molecule has 0 radical (unpaired) electrons. The van der Waals surface area contributed by atoms with Gasteiger partial charge < -0.3 is 9.88 Å². The summed E-state index contributed by atoms with van der Waals surface area (Å²) < 4.78 is 0. The van der Waals surface area contributed by atoms with Crippen molar-refractivity contribution in [1.29, 1.82) is 0 Å². The average Bonchev–Trinajstić information content (AvgIpc) is 3.26. The Kier molecular flexibility index (Phi) is 4.99. The smallest absolute Gasteiger partial charge is 0.103 e. The van der Waals surface area contributed by atoms with Gasteiger partial charge in [0.05, 0.1) is 6.54 Å². The molecule has 0 atom stereocenters. The largest absolute Gasteiger partial charge is 0.360 e. The van der Waals surface area contributed by atoms with E-state index < -0.39 is 0 Å². The van der Waals surface area contributed by atoms with Crippen molar-refractivity contribution in [2.24, 2.45) is 4.99 Å². The Morgan fingerprint density at radius 1 is 1.12 bits per heavy atom. The highest BCUT2D eigenvalue weighted by Crippen LogP contribution is 2.28. The van der Waals surface area contributed by atoms with Gasteiger partial charge in [0.25, 0.3) is 0 Å². The number of hydrogen-bond donors (Lipinski definition) is 1. The van der Waals surface area contributed by atoms with Gasteiger partial charge >= 0.3 is 0 Å². The van der Waals surface area contributed by atoms with Crippen molar-refractivity contribution >= 4 is 45.8 Å². The Bertz CT molecular complexity index is 885. The maximum Gasteiger partial charge on any atom is 0.103 e. The molecule has 25 heavy (non-hydrogen) atoms. The van der Waals surface area contributed by atoms with Crippen LogP contribution in [0.15, 0.2) is 64.6 Å². The lowest BCUT2D eigenvalue weighted by atomic mass is 10.2. The number of nitrogens with one attached hydrogen (secondary N) is 1. The predicted molar refractivity (Wildman–Crippen MR) is 109 cm³/mol. The molecular weight excluding hydrogens is 350 g/mol. The highest BCUT2D eigenvalue weighted by molar-refractivity contribution is 7.99. The lowest BCUT2D eigenvalue weighted by Crippen LogP contribution is -2.24. The van der Waals surface area contributed by atoms with Gasteiger partial charge in [0, 0.05) is 51.4 Å². The van der Waals surface area contributed by atoms with Crippen LogP contribution in [0.1, 0.15) is 12.8 Å². The fraction of sp³-hybridized carbons (Fsp3) is 0.250. The van der Waals surface area contributed by atoms with E-state index in [4.69, 9.17) is 16.6 Å². The highest BCUT2D eigenvalue weighted by atomic mass is 35.5. The van der Waals surface area contributed by atoms with Gasteiger partial charge in [-0.2, -0.15) is 0 Å². The number of halogens is 1. The average molecular weight is 370 g/mol. The van der Waals surface area contributed by atoms with Crippen molar-refractivity contribution in [3.63, 3.8) is 0 Å². The number of thioether (sulfide) groups is 1. The molecule has 1 aliphatic rings. The summed E-state index contributed by atoms with van der Waals surface area (Å²) in [4.78, 5) is 11.8. The molecule has 1 N–H and O–H groups in total. The SMILES string of the molecule is Clc1ccc(N2CCCC2=NCCSc2c[nH]c3ccccc23)cc1. The molecule has 0 unspecified atom stereocenters. The molecule has 1 fully saturated rings. The molecule has 128 valence electrons. The first-order valence-electron chi connectivity index (χ1n) is 8.56. The topological polar surface area (TPSA) is 31.4 Å². The van der Waals surface area contributed by atoms with Crippen LogP contribution in [0.2, 0.25) is 5.02 Å². The van der Waals surface area contributed by atoms with Crippen LogP contribution < -0.4 is 4.90 Å². The summed E-state index contributed by atoms with van der Waals surface area (Å²) in [5, 5.41) is 2.07. The second-order valence-corrected chi connectivity index (χ2v) is 7.65. The van der Waals surface area contributed by atoms with Crippen molar-refractivity contribution in [1.82, 2.24) is 4.98 Å². The molecule has 3 nitrogen and oxygen atoms in total. The maximum atomic E-state index is 5.99. The van der Waals surface area contributed by atoms with Crippen molar-refractivity contribution in [2.75, 3.05) is 23.7 Å². The molecular formula is C20H20ClN3S. The van der Waals surface area contributed by atoms with Crippen LogP contribution in [0.25, 0.3) is 10.9 Å². The van der Waals surface area contributed by atoms with Gasteiger partial charge in [-0.1, -0.05) is 29.8 Å². The number of amidine groups is 1. The molecule has 0 aliphatic carbocycles. The third-order valence-corrected chi connectivity index (χ3v) is 5.71. The van der Waals surface area contributed by atoms with Gasteiger partial charge in [0.1, 0.15) is 5.84 Å². The first-order valence-corrected chi connectivity index (χ1v) is 9.93. The summed E-state index contributed by atoms with van der Waals surface area (Å²) in [6, 6.07) is 16.5. The van der Waals surface area contributed by atoms with Gasteiger partial charge in [-0.15, -0.1) is 11.8 Å². The third-order valence-electron chi connectivity index (χ3n) is 4.43. The Balaban J connectivity index is 1.38. The number of aromatic nitrogens is 1. The summed E-state index contributed by atoms with van der Waals surface area (Å²) in [5.74, 6) is 2.18. The molecule has 2 aromatic carbocycles. The number of benzene rings is 2. The minimum absolute atomic E-state index is 0.775. The van der Waals surface area contributed by atoms with E-state index in [1.165, 1.54) is 27.3 Å². The number of anilines is 1. The second-order valence-electron chi connectivity index (χ2n) is 6.08. The standard InChI is InChI=1S/C20H20ClN3S/c21-15-7-9-16(10-8-15)24-12-3-6-20(24)22-11-13-25-19-14-23-18-5-2-1-4-17(18)19/h1-2,4-5,7-10,14,23H,3,6,11-13H2. The zero-order valence-corrected chi connectivity index (χ0v) is 15.5. The van der Waals surface area contributed by atoms with Gasteiger partial charge in [0.15, 0.2) is 0 Å². The molecule has 1 aromatic heterocycles. The van der Waals surface area contributed by atoms with Crippen LogP contribution in [0, 0.1) is 0 Å². The molecule has 0 spiro atoms. The Morgan fingerprint density at radius 2 is 1.96 bits per heavy atom. The number of aliphatic imine (C=N–C) groups is 1. The molecule has 1 aliphatic heterocycles. The number of fused-ring (bicyclic) bond motifs is 1. The Morgan fingerprint density at radius 3 is 2.84 bits per heavy atom. The molecule has 0 bridgehead atoms. The number of nitrogens with zero attached hydrogens (tertiary/aromatic N) is 2. The zero-order chi connectivity index (χ0) is 17.1. The maximum absolute atomic E-state index is 5.99. The van der Waals surface area contributed by atoms with Crippen molar-refractivity contribution in [3.8, 4) is 0 Å². The molecule has 0 amide bonds. The fourth-order valence-corrected chi connectivity index (χ4v) is 4.22. The van der Waals surface area contributed by atoms with Crippen LogP contribution >= 0.6 is 23.4 Å². The molecule has 3 aromatic rings. The van der Waals surface area contributed by atoms with Crippen LogP contribution in [0.3, 0.4) is 0 Å². The third kappa shape index (κ3) is 3.70. The molecule has 4 rings (SSSR count). The Labute approximate surface area is 157 Å². The van der Waals surface area contributed by atoms with Gasteiger partial charge in [0.2, 0.25) is 0 Å². The number of hydrogen-bond acceptors (Lipinski definition) is 2. The minimum atomic E-state index is 0.775. The molecule has 0 saturated carbocycles. The highest BCUT2D eigenvalue weighted by Gasteiger charge is 2.19. The van der Waals surface area contributed by atoms with Gasteiger partial charge in [-0.05, 0) is 36.8 Å². The van der Waals surface area contributed by atoms with Crippen molar-refractivity contribution in [3.05, 3.63) is 59.8 Å². The first kappa shape index (κ1) is 16.6. The number of rotatable bonds is 5. The monoisotopic (exact) mass is 369 g/mol. The zero-order valence-electron chi connectivity index (χ0n) is 13.9. The Hall–Kier alpha value is -1.91. The van der Waals surface area contributed by atoms with E-state index in [1.807, 2.05) is 23.9 Å². The van der Waals surface area contributed by atoms with E-state index >= 15 is 0 Å². The molecule has 5 heteroatoms.